The summed E-state index contributed by atoms with van der Waals surface area (Å²) in [5.41, 5.74) is 3.26. The molecule has 1 aliphatic heterocycles. The lowest BCUT2D eigenvalue weighted by molar-refractivity contribution is -0.0582. The van der Waals surface area contributed by atoms with Crippen LogP contribution in [0.4, 0.5) is 0 Å². The molecule has 1 aliphatic rings. The predicted molar refractivity (Wildman–Crippen MR) is 171 cm³/mol. The highest BCUT2D eigenvalue weighted by atomic mass is 32.1. The molecule has 2 heterocycles. The molecule has 8 heteroatoms. The van der Waals surface area contributed by atoms with Crippen LogP contribution in [0.5, 0.6) is 11.5 Å². The first kappa shape index (κ1) is 31.2. The van der Waals surface area contributed by atoms with E-state index in [1.807, 2.05) is 66.7 Å². The van der Waals surface area contributed by atoms with Crippen molar-refractivity contribution in [1.29, 1.82) is 0 Å². The van der Waals surface area contributed by atoms with E-state index < -0.39 is 0 Å². The fourth-order valence-electron chi connectivity index (χ4n) is 5.25. The van der Waals surface area contributed by atoms with Crippen LogP contribution in [0.3, 0.4) is 0 Å². The van der Waals surface area contributed by atoms with Crippen molar-refractivity contribution >= 4 is 11.3 Å². The van der Waals surface area contributed by atoms with E-state index in [1.54, 1.807) is 11.3 Å². The minimum Gasteiger partial charge on any atom is -0.485 e. The zero-order valence-corrected chi connectivity index (χ0v) is 25.3. The lowest BCUT2D eigenvalue weighted by Gasteiger charge is -2.35. The monoisotopic (exact) mass is 602 g/mol. The molecule has 4 unspecified atom stereocenters. The van der Waals surface area contributed by atoms with Crippen molar-refractivity contribution in [3.05, 3.63) is 118 Å². The highest BCUT2D eigenvalue weighted by Gasteiger charge is 2.31. The SMILES string of the molecule is OCCc1ccc(OC(CCNCC2COC(C(Oc3ccc(CCO)cc3)c3ccccc3)CN2)c2cccs2)cc1. The molecule has 0 radical (unpaired) electrons. The van der Waals surface area contributed by atoms with E-state index in [2.05, 4.69) is 40.3 Å². The molecule has 4 atom stereocenters. The summed E-state index contributed by atoms with van der Waals surface area (Å²) in [5, 5.41) is 27.7. The van der Waals surface area contributed by atoms with Crippen LogP contribution in [0.1, 0.15) is 40.2 Å². The largest absolute Gasteiger partial charge is 0.485 e. The number of aliphatic hydroxyl groups excluding tert-OH is 2. The number of aliphatic hydroxyl groups is 2. The molecule has 3 aromatic carbocycles. The summed E-state index contributed by atoms with van der Waals surface area (Å²) in [6, 6.07) is 30.5. The van der Waals surface area contributed by atoms with Gasteiger partial charge < -0.3 is 35.1 Å². The Kier molecular flexibility index (Phi) is 12.0. The van der Waals surface area contributed by atoms with E-state index >= 15 is 0 Å². The Bertz CT molecular complexity index is 1310. The maximum Gasteiger partial charge on any atom is 0.151 e. The van der Waals surface area contributed by atoms with E-state index in [1.165, 1.54) is 4.88 Å². The predicted octanol–water partition coefficient (Wildman–Crippen LogP) is 5.09. The lowest BCUT2D eigenvalue weighted by atomic mass is 10.0. The Balaban J connectivity index is 1.10. The Hall–Kier alpha value is -3.24. The van der Waals surface area contributed by atoms with Crippen molar-refractivity contribution in [3.63, 3.8) is 0 Å². The van der Waals surface area contributed by atoms with E-state index in [0.29, 0.717) is 26.0 Å². The van der Waals surface area contributed by atoms with Gasteiger partial charge in [-0.3, -0.25) is 0 Å². The van der Waals surface area contributed by atoms with Gasteiger partial charge in [0.25, 0.3) is 0 Å². The van der Waals surface area contributed by atoms with Crippen molar-refractivity contribution in [2.75, 3.05) is 39.5 Å². The lowest BCUT2D eigenvalue weighted by Crippen LogP contribution is -2.53. The molecule has 0 bridgehead atoms. The molecular formula is C35H42N2O5S. The second kappa shape index (κ2) is 16.6. The molecule has 0 amide bonds. The summed E-state index contributed by atoms with van der Waals surface area (Å²) in [4.78, 5) is 1.21. The van der Waals surface area contributed by atoms with Crippen LogP contribution in [0, 0.1) is 0 Å². The third-order valence-corrected chi connectivity index (χ3v) is 8.57. The molecule has 1 aromatic heterocycles. The van der Waals surface area contributed by atoms with Crippen LogP contribution >= 0.6 is 11.3 Å². The molecule has 1 saturated heterocycles. The maximum atomic E-state index is 9.21. The molecule has 0 aliphatic carbocycles. The first-order valence-corrected chi connectivity index (χ1v) is 16.0. The van der Waals surface area contributed by atoms with E-state index in [4.69, 9.17) is 14.2 Å². The smallest absolute Gasteiger partial charge is 0.151 e. The van der Waals surface area contributed by atoms with Gasteiger partial charge in [0.15, 0.2) is 6.10 Å². The van der Waals surface area contributed by atoms with Crippen LogP contribution < -0.4 is 20.1 Å². The number of nitrogens with one attached hydrogen (secondary N) is 2. The van der Waals surface area contributed by atoms with Gasteiger partial charge in [0.1, 0.15) is 23.7 Å². The number of thiophene rings is 1. The highest BCUT2D eigenvalue weighted by Crippen LogP contribution is 2.29. The van der Waals surface area contributed by atoms with Gasteiger partial charge in [-0.2, -0.15) is 0 Å². The van der Waals surface area contributed by atoms with Crippen LogP contribution in [0.2, 0.25) is 0 Å². The topological polar surface area (TPSA) is 92.2 Å². The number of hydrogen-bond donors (Lipinski definition) is 4. The number of ether oxygens (including phenoxy) is 3. The number of morpholine rings is 1. The van der Waals surface area contributed by atoms with Crippen LogP contribution in [-0.2, 0) is 17.6 Å². The van der Waals surface area contributed by atoms with Crippen molar-refractivity contribution in [1.82, 2.24) is 10.6 Å². The number of hydrogen-bond acceptors (Lipinski definition) is 8. The minimum absolute atomic E-state index is 0.0300. The Labute approximate surface area is 258 Å². The van der Waals surface area contributed by atoms with Gasteiger partial charge in [-0.25, -0.2) is 0 Å². The quantitative estimate of drug-likeness (QED) is 0.133. The molecule has 7 nitrogen and oxygen atoms in total. The van der Waals surface area contributed by atoms with Gasteiger partial charge in [0.2, 0.25) is 0 Å². The Morgan fingerprint density at radius 2 is 1.51 bits per heavy atom. The fraction of sp³-hybridized carbons (Fsp3) is 0.371. The van der Waals surface area contributed by atoms with Crippen molar-refractivity contribution in [2.24, 2.45) is 0 Å². The van der Waals surface area contributed by atoms with Gasteiger partial charge in [0.05, 0.1) is 6.61 Å². The zero-order valence-electron chi connectivity index (χ0n) is 24.4. The summed E-state index contributed by atoms with van der Waals surface area (Å²) in [7, 11) is 0. The minimum atomic E-state index is -0.243. The van der Waals surface area contributed by atoms with Gasteiger partial charge in [-0.1, -0.05) is 60.7 Å². The molecule has 43 heavy (non-hydrogen) atoms. The number of benzene rings is 3. The Morgan fingerprint density at radius 3 is 2.09 bits per heavy atom. The van der Waals surface area contributed by atoms with Gasteiger partial charge in [-0.15, -0.1) is 11.3 Å². The van der Waals surface area contributed by atoms with E-state index in [9.17, 15) is 10.2 Å². The second-order valence-electron chi connectivity index (χ2n) is 10.8. The molecule has 4 N–H and O–H groups in total. The second-order valence-corrected chi connectivity index (χ2v) is 11.8. The first-order valence-electron chi connectivity index (χ1n) is 15.1. The summed E-state index contributed by atoms with van der Waals surface area (Å²) >= 11 is 1.71. The molecule has 0 saturated carbocycles. The highest BCUT2D eigenvalue weighted by molar-refractivity contribution is 7.10. The molecule has 1 fully saturated rings. The van der Waals surface area contributed by atoms with Gasteiger partial charge in [-0.05, 0) is 71.8 Å². The summed E-state index contributed by atoms with van der Waals surface area (Å²) in [6.45, 7) is 3.16. The number of rotatable bonds is 16. The van der Waals surface area contributed by atoms with Crippen LogP contribution in [0.25, 0.3) is 0 Å². The van der Waals surface area contributed by atoms with E-state index in [-0.39, 0.29) is 37.6 Å². The third-order valence-electron chi connectivity index (χ3n) is 7.61. The summed E-state index contributed by atoms with van der Waals surface area (Å²) < 4.78 is 19.2. The molecule has 4 aromatic rings. The Morgan fingerprint density at radius 1 is 0.837 bits per heavy atom. The third kappa shape index (κ3) is 9.37. The fourth-order valence-corrected chi connectivity index (χ4v) is 6.04. The first-order chi connectivity index (χ1) is 21.2. The average Bonchev–Trinajstić information content (AvgIpc) is 3.59. The van der Waals surface area contributed by atoms with Crippen molar-refractivity contribution < 1.29 is 24.4 Å². The van der Waals surface area contributed by atoms with E-state index in [0.717, 1.165) is 47.7 Å². The van der Waals surface area contributed by atoms with Gasteiger partial charge >= 0.3 is 0 Å². The maximum absolute atomic E-state index is 9.21. The van der Waals surface area contributed by atoms with Crippen molar-refractivity contribution in [2.45, 2.75) is 43.6 Å². The molecule has 0 spiro atoms. The summed E-state index contributed by atoms with van der Waals surface area (Å²) in [6.07, 6.45) is 1.73. The van der Waals surface area contributed by atoms with Crippen LogP contribution in [0.15, 0.2) is 96.4 Å². The zero-order chi connectivity index (χ0) is 29.7. The average molecular weight is 603 g/mol. The van der Waals surface area contributed by atoms with Crippen molar-refractivity contribution in [3.8, 4) is 11.5 Å². The molecular weight excluding hydrogens is 560 g/mol. The van der Waals surface area contributed by atoms with Crippen LogP contribution in [-0.4, -0.2) is 61.8 Å². The molecule has 228 valence electrons. The summed E-state index contributed by atoms with van der Waals surface area (Å²) in [5.74, 6) is 1.62. The normalized spacial score (nSPS) is 18.2. The standard InChI is InChI=1S/C35H42N2O5S/c38-20-17-26-8-12-30(13-9-26)41-32(34-7-4-22-43-34)16-19-36-23-29-25-40-33(24-37-29)35(28-5-2-1-3-6-28)42-31-14-10-27(11-15-31)18-21-39/h1-15,22,29,32-33,35-39H,16-21,23-25H2. The van der Waals surface area contributed by atoms with Gasteiger partial charge in [0, 0.05) is 43.6 Å². The molecule has 5 rings (SSSR count).